The molecule has 0 aromatic rings. The predicted molar refractivity (Wildman–Crippen MR) is 78.3 cm³/mol. The summed E-state index contributed by atoms with van der Waals surface area (Å²) in [7, 11) is 0. The Kier molecular flexibility index (Phi) is 42.8. The van der Waals surface area contributed by atoms with Gasteiger partial charge in [-0.15, -0.1) is 0 Å². The molecule has 1 aliphatic heterocycles. The van der Waals surface area contributed by atoms with Gasteiger partial charge in [0.25, 0.3) is 0 Å². The van der Waals surface area contributed by atoms with Gasteiger partial charge in [0.05, 0.1) is 5.57 Å². The highest BCUT2D eigenvalue weighted by atomic mass is 16.3. The number of aliphatic hydroxyl groups excluding tert-OH is 1. The highest BCUT2D eigenvalue weighted by Gasteiger charge is 2.03. The smallest absolute Gasteiger partial charge is 0.155 e. The van der Waals surface area contributed by atoms with E-state index >= 15 is 0 Å². The Morgan fingerprint density at radius 3 is 1.71 bits per heavy atom. The summed E-state index contributed by atoms with van der Waals surface area (Å²) in [6.07, 6.45) is 3.64. The van der Waals surface area contributed by atoms with Gasteiger partial charge in [0.1, 0.15) is 5.76 Å². The van der Waals surface area contributed by atoms with Crippen LogP contribution in [-0.2, 0) is 4.79 Å². The first-order chi connectivity index (χ1) is 8.34. The molecule has 3 heteroatoms. The lowest BCUT2D eigenvalue weighted by molar-refractivity contribution is -0.104. The van der Waals surface area contributed by atoms with Crippen LogP contribution in [0.3, 0.4) is 0 Å². The van der Waals surface area contributed by atoms with Gasteiger partial charge in [0, 0.05) is 12.7 Å². The predicted octanol–water partition coefficient (Wildman–Crippen LogP) is 4.22. The van der Waals surface area contributed by atoms with Gasteiger partial charge in [-0.2, -0.15) is 0 Å². The summed E-state index contributed by atoms with van der Waals surface area (Å²) in [5, 5.41) is 11.7. The van der Waals surface area contributed by atoms with Crippen LogP contribution in [0, 0.1) is 0 Å². The molecule has 0 aromatic carbocycles. The molecule has 0 atom stereocenters. The average molecular weight is 245 g/mol. The summed E-state index contributed by atoms with van der Waals surface area (Å²) in [6.45, 7) is 16.6. The molecule has 1 aliphatic rings. The third-order valence-electron chi connectivity index (χ3n) is 1.09. The van der Waals surface area contributed by atoms with Gasteiger partial charge in [-0.3, -0.25) is 4.79 Å². The molecule has 0 saturated carbocycles. The second kappa shape index (κ2) is 29.3. The van der Waals surface area contributed by atoms with Crippen LogP contribution >= 0.6 is 0 Å². The molecule has 0 unspecified atom stereocenters. The molecule has 0 aliphatic carbocycles. The minimum atomic E-state index is 0.0590. The minimum absolute atomic E-state index is 0.0590. The quantitative estimate of drug-likeness (QED) is 0.680. The van der Waals surface area contributed by atoms with E-state index in [1.54, 1.807) is 6.08 Å². The van der Waals surface area contributed by atoms with Crippen molar-refractivity contribution in [3.8, 4) is 0 Å². The Labute approximate surface area is 108 Å². The second-order valence-electron chi connectivity index (χ2n) is 1.72. The highest BCUT2D eigenvalue weighted by Crippen LogP contribution is 2.03. The lowest BCUT2D eigenvalue weighted by Crippen LogP contribution is -2.13. The van der Waals surface area contributed by atoms with Gasteiger partial charge in [-0.05, 0) is 6.08 Å². The maximum absolute atomic E-state index is 10.1. The SMILES string of the molecule is CC.CC.CC.CC.O=CC1=CNCC=C1O. The molecule has 0 fully saturated rings. The average Bonchev–Trinajstić information content (AvgIpc) is 2.48. The van der Waals surface area contributed by atoms with Crippen LogP contribution < -0.4 is 5.32 Å². The monoisotopic (exact) mass is 245 g/mol. The fourth-order valence-electron chi connectivity index (χ4n) is 0.611. The molecule has 0 spiro atoms. The topological polar surface area (TPSA) is 49.3 Å². The summed E-state index contributed by atoms with van der Waals surface area (Å²) >= 11 is 0. The molecule has 0 amide bonds. The van der Waals surface area contributed by atoms with Crippen LogP contribution in [0.5, 0.6) is 0 Å². The zero-order valence-electron chi connectivity index (χ0n) is 12.8. The first-order valence-corrected chi connectivity index (χ1v) is 6.63. The van der Waals surface area contributed by atoms with E-state index in [9.17, 15) is 4.79 Å². The molecule has 17 heavy (non-hydrogen) atoms. The number of dihydropyridines is 1. The van der Waals surface area contributed by atoms with Crippen LogP contribution in [-0.4, -0.2) is 17.9 Å². The van der Waals surface area contributed by atoms with E-state index in [0.29, 0.717) is 18.4 Å². The van der Waals surface area contributed by atoms with E-state index in [2.05, 4.69) is 5.32 Å². The Morgan fingerprint density at radius 2 is 1.47 bits per heavy atom. The molecule has 1 heterocycles. The molecule has 104 valence electrons. The van der Waals surface area contributed by atoms with Crippen LogP contribution in [0.2, 0.25) is 0 Å². The lowest BCUT2D eigenvalue weighted by Gasteiger charge is -2.05. The van der Waals surface area contributed by atoms with Crippen LogP contribution in [0.4, 0.5) is 0 Å². The molecule has 0 radical (unpaired) electrons. The Hall–Kier alpha value is -1.25. The maximum Gasteiger partial charge on any atom is 0.155 e. The summed E-state index contributed by atoms with van der Waals surface area (Å²) in [5.41, 5.74) is 0.307. The fourth-order valence-corrected chi connectivity index (χ4v) is 0.611. The third kappa shape index (κ3) is 17.4. The number of aliphatic hydroxyl groups is 1. The first-order valence-electron chi connectivity index (χ1n) is 6.63. The first kappa shape index (κ1) is 24.8. The fraction of sp³-hybridized carbons (Fsp3) is 0.643. The summed E-state index contributed by atoms with van der Waals surface area (Å²) in [4.78, 5) is 10.1. The van der Waals surface area contributed by atoms with Crippen molar-refractivity contribution >= 4 is 6.29 Å². The Balaban J connectivity index is -0.0000000905. The zero-order valence-corrected chi connectivity index (χ0v) is 12.8. The number of hydrogen-bond acceptors (Lipinski definition) is 3. The second-order valence-corrected chi connectivity index (χ2v) is 1.72. The van der Waals surface area contributed by atoms with Gasteiger partial charge in [0.15, 0.2) is 6.29 Å². The van der Waals surface area contributed by atoms with Crippen LogP contribution in [0.25, 0.3) is 0 Å². The lowest BCUT2D eigenvalue weighted by atomic mass is 10.2. The van der Waals surface area contributed by atoms with Crippen LogP contribution in [0.1, 0.15) is 55.4 Å². The van der Waals surface area contributed by atoms with Gasteiger partial charge >= 0.3 is 0 Å². The Morgan fingerprint density at radius 1 is 1.06 bits per heavy atom. The normalized spacial score (nSPS) is 10.6. The van der Waals surface area contributed by atoms with E-state index < -0.39 is 0 Å². The van der Waals surface area contributed by atoms with E-state index in [4.69, 9.17) is 5.11 Å². The van der Waals surface area contributed by atoms with E-state index in [1.165, 1.54) is 6.20 Å². The van der Waals surface area contributed by atoms with Crippen molar-refractivity contribution in [1.29, 1.82) is 0 Å². The van der Waals surface area contributed by atoms with Crippen molar-refractivity contribution in [2.75, 3.05) is 6.54 Å². The number of aldehydes is 1. The molecule has 0 bridgehead atoms. The summed E-state index contributed by atoms with van der Waals surface area (Å²) in [6, 6.07) is 0. The Bertz CT molecular complexity index is 185. The molecular formula is C14H31NO2. The highest BCUT2D eigenvalue weighted by molar-refractivity contribution is 5.79. The molecular weight excluding hydrogens is 214 g/mol. The van der Waals surface area contributed by atoms with Crippen molar-refractivity contribution in [3.05, 3.63) is 23.6 Å². The molecule has 3 nitrogen and oxygen atoms in total. The summed E-state index contributed by atoms with van der Waals surface area (Å²) in [5.74, 6) is 0.0590. The van der Waals surface area contributed by atoms with Crippen molar-refractivity contribution in [2.45, 2.75) is 55.4 Å². The standard InChI is InChI=1S/C6H7NO2.4C2H6/c8-4-5-3-7-2-1-6(5)9;4*1-2/h1,3-4,7,9H,2H2;4*1-2H3. The number of carbonyl (C=O) groups excluding carboxylic acids is 1. The van der Waals surface area contributed by atoms with Crippen LogP contribution in [0.15, 0.2) is 23.6 Å². The summed E-state index contributed by atoms with van der Waals surface area (Å²) < 4.78 is 0. The van der Waals surface area contributed by atoms with E-state index in [0.717, 1.165) is 0 Å². The molecule has 0 saturated heterocycles. The van der Waals surface area contributed by atoms with Crippen molar-refractivity contribution < 1.29 is 9.90 Å². The van der Waals surface area contributed by atoms with Gasteiger partial charge in [-0.25, -0.2) is 0 Å². The van der Waals surface area contributed by atoms with E-state index in [-0.39, 0.29) is 5.76 Å². The maximum atomic E-state index is 10.1. The van der Waals surface area contributed by atoms with Crippen molar-refractivity contribution in [3.63, 3.8) is 0 Å². The molecule has 2 N–H and O–H groups in total. The number of hydrogen-bond donors (Lipinski definition) is 2. The zero-order chi connectivity index (χ0) is 14.7. The minimum Gasteiger partial charge on any atom is -0.507 e. The molecule has 0 aromatic heterocycles. The number of nitrogens with one attached hydrogen (secondary N) is 1. The van der Waals surface area contributed by atoms with Gasteiger partial charge in [-0.1, -0.05) is 55.4 Å². The molecule has 1 rings (SSSR count). The van der Waals surface area contributed by atoms with Gasteiger partial charge < -0.3 is 10.4 Å². The van der Waals surface area contributed by atoms with Gasteiger partial charge in [0.2, 0.25) is 0 Å². The largest absolute Gasteiger partial charge is 0.507 e. The van der Waals surface area contributed by atoms with Crippen molar-refractivity contribution in [2.24, 2.45) is 0 Å². The van der Waals surface area contributed by atoms with Crippen molar-refractivity contribution in [1.82, 2.24) is 5.32 Å². The number of rotatable bonds is 1. The number of allylic oxidation sites excluding steroid dienone is 1. The third-order valence-corrected chi connectivity index (χ3v) is 1.09. The number of carbonyl (C=O) groups is 1. The van der Waals surface area contributed by atoms with E-state index in [1.807, 2.05) is 55.4 Å².